The number of rotatable bonds is 9. The first-order chi connectivity index (χ1) is 13.3. The largest absolute Gasteiger partial charge is 0.492 e. The van der Waals surface area contributed by atoms with Gasteiger partial charge in [0.2, 0.25) is 15.9 Å². The third-order valence-electron chi connectivity index (χ3n) is 5.11. The maximum Gasteiger partial charge on any atom is 0.243 e. The molecule has 1 saturated heterocycles. The van der Waals surface area contributed by atoms with Gasteiger partial charge in [0, 0.05) is 13.1 Å². The first kappa shape index (κ1) is 22.6. The minimum Gasteiger partial charge on any atom is -0.492 e. The highest BCUT2D eigenvalue weighted by Gasteiger charge is 2.24. The van der Waals surface area contributed by atoms with Crippen molar-refractivity contribution in [2.75, 3.05) is 44.6 Å². The first-order valence-electron chi connectivity index (χ1n) is 10.1. The van der Waals surface area contributed by atoms with Crippen molar-refractivity contribution in [3.63, 3.8) is 0 Å². The number of carbonyl (C=O) groups is 1. The lowest BCUT2D eigenvalue weighted by molar-refractivity contribution is -0.117. The zero-order valence-electron chi connectivity index (χ0n) is 17.4. The Hall–Kier alpha value is -1.64. The predicted molar refractivity (Wildman–Crippen MR) is 111 cm³/mol. The molecule has 0 saturated carbocycles. The van der Waals surface area contributed by atoms with E-state index in [0.29, 0.717) is 43.6 Å². The Morgan fingerprint density at radius 3 is 2.43 bits per heavy atom. The van der Waals surface area contributed by atoms with Crippen LogP contribution in [0.4, 0.5) is 5.69 Å². The molecule has 0 aliphatic carbocycles. The standard InChI is InChI=1S/C20H33N3O4S/c1-5-23(6-2)28(25,26)17-8-9-19(27-7-3)18(14-17)21-20(24)15-22-12-10-16(4)11-13-22/h8-9,14,16H,5-7,10-13,15H2,1-4H3,(H,21,24). The zero-order valence-corrected chi connectivity index (χ0v) is 18.2. The molecule has 0 aromatic heterocycles. The molecule has 1 N–H and O–H groups in total. The van der Waals surface area contributed by atoms with E-state index in [2.05, 4.69) is 17.1 Å². The Bertz CT molecular complexity index is 755. The Balaban J connectivity index is 2.19. The Morgan fingerprint density at radius 1 is 1.21 bits per heavy atom. The number of ether oxygens (including phenoxy) is 1. The van der Waals surface area contributed by atoms with Crippen LogP contribution in [-0.4, -0.2) is 62.9 Å². The molecule has 0 radical (unpaired) electrons. The van der Waals surface area contributed by atoms with Gasteiger partial charge in [-0.25, -0.2) is 8.42 Å². The van der Waals surface area contributed by atoms with Crippen LogP contribution in [0.15, 0.2) is 23.1 Å². The quantitative estimate of drug-likeness (QED) is 0.676. The van der Waals surface area contributed by atoms with Crippen LogP contribution in [0.1, 0.15) is 40.5 Å². The number of benzene rings is 1. The van der Waals surface area contributed by atoms with Crippen LogP contribution in [-0.2, 0) is 14.8 Å². The van der Waals surface area contributed by atoms with Crippen molar-refractivity contribution in [2.45, 2.75) is 45.4 Å². The molecule has 1 aromatic rings. The molecule has 0 atom stereocenters. The molecule has 1 aliphatic heterocycles. The van der Waals surface area contributed by atoms with E-state index in [1.807, 2.05) is 6.92 Å². The number of amides is 1. The highest BCUT2D eigenvalue weighted by molar-refractivity contribution is 7.89. The van der Waals surface area contributed by atoms with E-state index in [1.165, 1.54) is 16.4 Å². The minimum absolute atomic E-state index is 0.154. The third kappa shape index (κ3) is 5.68. The van der Waals surface area contributed by atoms with Gasteiger partial charge in [0.15, 0.2) is 0 Å². The Labute approximate surface area is 169 Å². The van der Waals surface area contributed by atoms with E-state index >= 15 is 0 Å². The average Bonchev–Trinajstić information content (AvgIpc) is 2.66. The Kier molecular flexibility index (Phi) is 8.27. The number of carbonyl (C=O) groups excluding carboxylic acids is 1. The van der Waals surface area contributed by atoms with Crippen LogP contribution in [0.2, 0.25) is 0 Å². The molecule has 0 bridgehead atoms. The van der Waals surface area contributed by atoms with Crippen molar-refractivity contribution < 1.29 is 17.9 Å². The number of nitrogens with zero attached hydrogens (tertiary/aromatic N) is 2. The summed E-state index contributed by atoms with van der Waals surface area (Å²) in [6, 6.07) is 4.63. The van der Waals surface area contributed by atoms with E-state index in [9.17, 15) is 13.2 Å². The fraction of sp³-hybridized carbons (Fsp3) is 0.650. The second-order valence-corrected chi connectivity index (χ2v) is 9.13. The third-order valence-corrected chi connectivity index (χ3v) is 7.16. The molecule has 1 amide bonds. The average molecular weight is 412 g/mol. The van der Waals surface area contributed by atoms with Crippen molar-refractivity contribution in [3.8, 4) is 5.75 Å². The van der Waals surface area contributed by atoms with Crippen molar-refractivity contribution in [3.05, 3.63) is 18.2 Å². The molecular weight excluding hydrogens is 378 g/mol. The van der Waals surface area contributed by atoms with E-state index in [4.69, 9.17) is 4.74 Å². The van der Waals surface area contributed by atoms with Crippen molar-refractivity contribution in [1.29, 1.82) is 0 Å². The van der Waals surface area contributed by atoms with Gasteiger partial charge >= 0.3 is 0 Å². The van der Waals surface area contributed by atoms with E-state index in [0.717, 1.165) is 25.9 Å². The van der Waals surface area contributed by atoms with Gasteiger partial charge in [-0.1, -0.05) is 20.8 Å². The lowest BCUT2D eigenvalue weighted by Gasteiger charge is -2.29. The van der Waals surface area contributed by atoms with Crippen LogP contribution in [0.25, 0.3) is 0 Å². The van der Waals surface area contributed by atoms with Gasteiger partial charge in [0.05, 0.1) is 23.7 Å². The molecule has 0 spiro atoms. The van der Waals surface area contributed by atoms with Gasteiger partial charge in [-0.05, 0) is 57.0 Å². The lowest BCUT2D eigenvalue weighted by Crippen LogP contribution is -2.38. The van der Waals surface area contributed by atoms with Crippen LogP contribution < -0.4 is 10.1 Å². The molecule has 1 heterocycles. The number of hydrogen-bond donors (Lipinski definition) is 1. The summed E-state index contributed by atoms with van der Waals surface area (Å²) in [5.41, 5.74) is 0.394. The van der Waals surface area contributed by atoms with Crippen LogP contribution in [0.3, 0.4) is 0 Å². The molecule has 0 unspecified atom stereocenters. The van der Waals surface area contributed by atoms with E-state index in [1.54, 1.807) is 19.9 Å². The molecular formula is C20H33N3O4S. The second-order valence-electron chi connectivity index (χ2n) is 7.19. The number of nitrogens with one attached hydrogen (secondary N) is 1. The smallest absolute Gasteiger partial charge is 0.243 e. The summed E-state index contributed by atoms with van der Waals surface area (Å²) in [6.45, 7) is 11.0. The fourth-order valence-electron chi connectivity index (χ4n) is 3.37. The summed E-state index contributed by atoms with van der Waals surface area (Å²) >= 11 is 0. The van der Waals surface area contributed by atoms with E-state index < -0.39 is 10.0 Å². The number of piperidine rings is 1. The van der Waals surface area contributed by atoms with Gasteiger partial charge in [-0.15, -0.1) is 0 Å². The number of sulfonamides is 1. The number of hydrogen-bond acceptors (Lipinski definition) is 5. The molecule has 1 fully saturated rings. The number of likely N-dealkylation sites (tertiary alicyclic amines) is 1. The first-order valence-corrected chi connectivity index (χ1v) is 11.5. The van der Waals surface area contributed by atoms with Gasteiger partial charge in [0.1, 0.15) is 5.75 Å². The van der Waals surface area contributed by atoms with Crippen molar-refractivity contribution in [1.82, 2.24) is 9.21 Å². The maximum absolute atomic E-state index is 12.8. The summed E-state index contributed by atoms with van der Waals surface area (Å²) in [7, 11) is -3.61. The Morgan fingerprint density at radius 2 is 1.86 bits per heavy atom. The van der Waals surface area contributed by atoms with Crippen molar-refractivity contribution in [2.24, 2.45) is 5.92 Å². The summed E-state index contributed by atoms with van der Waals surface area (Å²) in [6.07, 6.45) is 2.18. The van der Waals surface area contributed by atoms with Crippen LogP contribution >= 0.6 is 0 Å². The van der Waals surface area contributed by atoms with Crippen molar-refractivity contribution >= 4 is 21.6 Å². The fourth-order valence-corrected chi connectivity index (χ4v) is 4.86. The number of anilines is 1. The summed E-state index contributed by atoms with van der Waals surface area (Å²) in [5.74, 6) is 1.01. The topological polar surface area (TPSA) is 79.0 Å². The molecule has 158 valence electrons. The monoisotopic (exact) mass is 411 g/mol. The highest BCUT2D eigenvalue weighted by Crippen LogP contribution is 2.29. The maximum atomic E-state index is 12.8. The van der Waals surface area contributed by atoms with Crippen LogP contribution in [0.5, 0.6) is 5.75 Å². The molecule has 7 nitrogen and oxygen atoms in total. The SMILES string of the molecule is CCOc1ccc(S(=O)(=O)N(CC)CC)cc1NC(=O)CN1CCC(C)CC1. The summed E-state index contributed by atoms with van der Waals surface area (Å²) in [4.78, 5) is 14.8. The minimum atomic E-state index is -3.61. The predicted octanol–water partition coefficient (Wildman–Crippen LogP) is 2.79. The van der Waals surface area contributed by atoms with Gasteiger partial charge in [-0.2, -0.15) is 4.31 Å². The van der Waals surface area contributed by atoms with Crippen LogP contribution in [0, 0.1) is 5.92 Å². The van der Waals surface area contributed by atoms with E-state index in [-0.39, 0.29) is 10.8 Å². The summed E-state index contributed by atoms with van der Waals surface area (Å²) in [5, 5.41) is 2.85. The van der Waals surface area contributed by atoms with Gasteiger partial charge in [-0.3, -0.25) is 9.69 Å². The second kappa shape index (κ2) is 10.2. The molecule has 2 rings (SSSR count). The van der Waals surface area contributed by atoms with Gasteiger partial charge in [0.25, 0.3) is 0 Å². The molecule has 1 aromatic carbocycles. The summed E-state index contributed by atoms with van der Waals surface area (Å²) < 4.78 is 32.6. The zero-order chi connectivity index (χ0) is 20.7. The highest BCUT2D eigenvalue weighted by atomic mass is 32.2. The molecule has 1 aliphatic rings. The normalized spacial score (nSPS) is 16.3. The molecule has 8 heteroatoms. The van der Waals surface area contributed by atoms with Gasteiger partial charge < -0.3 is 10.1 Å². The lowest BCUT2D eigenvalue weighted by atomic mass is 9.99. The molecule has 28 heavy (non-hydrogen) atoms.